The van der Waals surface area contributed by atoms with E-state index in [9.17, 15) is 0 Å². The number of hydrogen-bond acceptors (Lipinski definition) is 7. The molecular formula is C24H38N4O3. The van der Waals surface area contributed by atoms with E-state index in [1.54, 1.807) is 6.20 Å². The number of pyridine rings is 1. The molecule has 0 radical (unpaired) electrons. The maximum absolute atomic E-state index is 6.46. The van der Waals surface area contributed by atoms with Gasteiger partial charge in [-0.1, -0.05) is 57.2 Å². The van der Waals surface area contributed by atoms with Gasteiger partial charge in [0.1, 0.15) is 0 Å². The van der Waals surface area contributed by atoms with Crippen molar-refractivity contribution in [3.8, 4) is 0 Å². The Balaban J connectivity index is 1.54. The van der Waals surface area contributed by atoms with Gasteiger partial charge in [-0.2, -0.15) is 0 Å². The number of nitrogens with two attached hydrogens (primary N) is 3. The maximum Gasteiger partial charge on any atom is 0.175 e. The normalized spacial score (nSPS) is 26.4. The molecule has 2 aromatic rings. The lowest BCUT2D eigenvalue weighted by atomic mass is 9.95. The van der Waals surface area contributed by atoms with E-state index < -0.39 is 24.5 Å². The smallest absolute Gasteiger partial charge is 0.175 e. The summed E-state index contributed by atoms with van der Waals surface area (Å²) in [6.45, 7) is 3.52. The molecule has 1 aromatic carbocycles. The Morgan fingerprint density at radius 3 is 2.61 bits per heavy atom. The van der Waals surface area contributed by atoms with Crippen LogP contribution in [-0.4, -0.2) is 48.7 Å². The number of aromatic nitrogens is 1. The van der Waals surface area contributed by atoms with Crippen molar-refractivity contribution >= 4 is 10.9 Å². The molecule has 1 saturated heterocycles. The molecule has 7 heteroatoms. The van der Waals surface area contributed by atoms with Crippen LogP contribution >= 0.6 is 0 Å². The largest absolute Gasteiger partial charge is 0.370 e. The number of nitrogens with zero attached hydrogens (tertiary/aromatic N) is 1. The summed E-state index contributed by atoms with van der Waals surface area (Å²) in [5, 5.41) is 1.09. The van der Waals surface area contributed by atoms with Crippen molar-refractivity contribution in [2.75, 3.05) is 13.2 Å². The van der Waals surface area contributed by atoms with Gasteiger partial charge in [-0.3, -0.25) is 4.98 Å². The van der Waals surface area contributed by atoms with Gasteiger partial charge < -0.3 is 31.4 Å². The average molecular weight is 431 g/mol. The second-order valence-electron chi connectivity index (χ2n) is 8.38. The topological polar surface area (TPSA) is 119 Å². The van der Waals surface area contributed by atoms with Crippen molar-refractivity contribution in [2.45, 2.75) is 82.6 Å². The molecule has 0 unspecified atom stereocenters. The lowest BCUT2D eigenvalue weighted by Crippen LogP contribution is -2.66. The van der Waals surface area contributed by atoms with Gasteiger partial charge in [-0.25, -0.2) is 0 Å². The predicted octanol–water partition coefficient (Wildman–Crippen LogP) is 2.84. The van der Waals surface area contributed by atoms with E-state index in [2.05, 4.69) is 11.9 Å². The number of fused-ring (bicyclic) bond motifs is 1. The summed E-state index contributed by atoms with van der Waals surface area (Å²) in [5.41, 5.74) is 20.7. The van der Waals surface area contributed by atoms with Crippen molar-refractivity contribution in [1.82, 2.24) is 4.98 Å². The van der Waals surface area contributed by atoms with Gasteiger partial charge in [-0.05, 0) is 24.1 Å². The van der Waals surface area contributed by atoms with Crippen molar-refractivity contribution in [3.63, 3.8) is 0 Å². The molecule has 172 valence electrons. The lowest BCUT2D eigenvalue weighted by molar-refractivity contribution is -0.237. The number of ether oxygens (including phenoxy) is 3. The summed E-state index contributed by atoms with van der Waals surface area (Å²) in [6, 6.07) is 9.18. The molecule has 5 atom stereocenters. The molecular weight excluding hydrogens is 392 g/mol. The average Bonchev–Trinajstić information content (AvgIpc) is 2.79. The van der Waals surface area contributed by atoms with E-state index in [1.807, 2.05) is 30.3 Å². The van der Waals surface area contributed by atoms with Crippen LogP contribution in [0.15, 0.2) is 36.5 Å². The summed E-state index contributed by atoms with van der Waals surface area (Å²) < 4.78 is 18.1. The van der Waals surface area contributed by atoms with E-state index in [1.165, 1.54) is 25.7 Å². The molecule has 2 heterocycles. The Kier molecular flexibility index (Phi) is 9.64. The van der Waals surface area contributed by atoms with Crippen molar-refractivity contribution in [1.29, 1.82) is 0 Å². The SMILES string of the molecule is CCCCCCCCO[C@@H]1O[C@H](CN)[C@H](N)[C@H](OCc2ccc3cccnc3c2)[C@H]1N. The zero-order chi connectivity index (χ0) is 22.1. The van der Waals surface area contributed by atoms with E-state index in [0.29, 0.717) is 19.8 Å². The van der Waals surface area contributed by atoms with Crippen molar-refractivity contribution < 1.29 is 14.2 Å². The van der Waals surface area contributed by atoms with E-state index in [-0.39, 0.29) is 6.10 Å². The fourth-order valence-electron chi connectivity index (χ4n) is 4.04. The highest BCUT2D eigenvalue weighted by Gasteiger charge is 2.43. The van der Waals surface area contributed by atoms with Crippen LogP contribution in [-0.2, 0) is 20.8 Å². The van der Waals surface area contributed by atoms with Crippen molar-refractivity contribution in [2.24, 2.45) is 17.2 Å². The number of benzene rings is 1. The third kappa shape index (κ3) is 6.68. The van der Waals surface area contributed by atoms with Crippen LogP contribution in [0.25, 0.3) is 10.9 Å². The first-order valence-corrected chi connectivity index (χ1v) is 11.6. The molecule has 1 aliphatic rings. The van der Waals surface area contributed by atoms with Crippen LogP contribution in [0.1, 0.15) is 51.0 Å². The minimum atomic E-state index is -0.563. The maximum atomic E-state index is 6.46. The fraction of sp³-hybridized carbons (Fsp3) is 0.625. The van der Waals surface area contributed by atoms with Gasteiger partial charge in [0, 0.05) is 24.7 Å². The molecule has 7 nitrogen and oxygen atoms in total. The second-order valence-corrected chi connectivity index (χ2v) is 8.38. The lowest BCUT2D eigenvalue weighted by Gasteiger charge is -2.43. The highest BCUT2D eigenvalue weighted by molar-refractivity contribution is 5.78. The molecule has 0 aliphatic carbocycles. The molecule has 1 aromatic heterocycles. The summed E-state index contributed by atoms with van der Waals surface area (Å²) in [6.07, 6.45) is 7.66. The molecule has 6 N–H and O–H groups in total. The van der Waals surface area contributed by atoms with Gasteiger partial charge in [0.05, 0.1) is 36.4 Å². The van der Waals surface area contributed by atoms with Gasteiger partial charge in [0.2, 0.25) is 0 Å². The quantitative estimate of drug-likeness (QED) is 0.443. The van der Waals surface area contributed by atoms with Crippen LogP contribution in [0, 0.1) is 0 Å². The molecule has 31 heavy (non-hydrogen) atoms. The molecule has 0 amide bonds. The van der Waals surface area contributed by atoms with Crippen LogP contribution < -0.4 is 17.2 Å². The monoisotopic (exact) mass is 430 g/mol. The first kappa shape index (κ1) is 24.0. The third-order valence-corrected chi connectivity index (χ3v) is 5.94. The molecule has 0 saturated carbocycles. The van der Waals surface area contributed by atoms with Gasteiger partial charge in [0.15, 0.2) is 6.29 Å². The van der Waals surface area contributed by atoms with Crippen molar-refractivity contribution in [3.05, 3.63) is 42.1 Å². The van der Waals surface area contributed by atoms with Crippen LogP contribution in [0.3, 0.4) is 0 Å². The molecule has 1 fully saturated rings. The van der Waals surface area contributed by atoms with Crippen LogP contribution in [0.2, 0.25) is 0 Å². The molecule has 3 rings (SSSR count). The van der Waals surface area contributed by atoms with E-state index in [4.69, 9.17) is 31.4 Å². The molecule has 0 spiro atoms. The Morgan fingerprint density at radius 1 is 1.00 bits per heavy atom. The molecule has 0 bridgehead atoms. The summed E-state index contributed by atoms with van der Waals surface area (Å²) in [4.78, 5) is 4.41. The van der Waals surface area contributed by atoms with E-state index in [0.717, 1.165) is 29.3 Å². The first-order valence-electron chi connectivity index (χ1n) is 11.6. The zero-order valence-electron chi connectivity index (χ0n) is 18.6. The predicted molar refractivity (Wildman–Crippen MR) is 123 cm³/mol. The first-order chi connectivity index (χ1) is 15.1. The Bertz CT molecular complexity index is 790. The van der Waals surface area contributed by atoms with Gasteiger partial charge in [0.25, 0.3) is 0 Å². The number of unbranched alkanes of at least 4 members (excludes halogenated alkanes) is 5. The van der Waals surface area contributed by atoms with Gasteiger partial charge in [-0.15, -0.1) is 0 Å². The molecule has 1 aliphatic heterocycles. The Labute approximate surface area is 185 Å². The van der Waals surface area contributed by atoms with E-state index >= 15 is 0 Å². The summed E-state index contributed by atoms with van der Waals surface area (Å²) in [7, 11) is 0. The highest BCUT2D eigenvalue weighted by Crippen LogP contribution is 2.24. The standard InChI is InChI=1S/C24H38N4O3/c1-2-3-4-5-6-7-13-29-24-22(27)23(21(26)20(15-25)31-24)30-16-17-10-11-18-9-8-12-28-19(18)14-17/h8-12,14,20-24H,2-7,13,15-16,25-27H2,1H3/t20-,21+,22-,23+,24-/m1/s1. The highest BCUT2D eigenvalue weighted by atomic mass is 16.7. The Morgan fingerprint density at radius 2 is 1.81 bits per heavy atom. The van der Waals surface area contributed by atoms with Crippen LogP contribution in [0.4, 0.5) is 0 Å². The second kappa shape index (κ2) is 12.4. The minimum Gasteiger partial charge on any atom is -0.370 e. The Hall–Kier alpha value is -1.61. The minimum absolute atomic E-state index is 0.296. The summed E-state index contributed by atoms with van der Waals surface area (Å²) in [5.74, 6) is 0. The van der Waals surface area contributed by atoms with Gasteiger partial charge >= 0.3 is 0 Å². The zero-order valence-corrected chi connectivity index (χ0v) is 18.6. The number of rotatable bonds is 12. The number of hydrogen-bond donors (Lipinski definition) is 3. The fourth-order valence-corrected chi connectivity index (χ4v) is 4.04. The summed E-state index contributed by atoms with van der Waals surface area (Å²) >= 11 is 0. The third-order valence-electron chi connectivity index (χ3n) is 5.94. The van der Waals surface area contributed by atoms with Crippen LogP contribution in [0.5, 0.6) is 0 Å².